The van der Waals surface area contributed by atoms with Gasteiger partial charge in [0.05, 0.1) is 13.0 Å². The van der Waals surface area contributed by atoms with Gasteiger partial charge in [-0.1, -0.05) is 19.1 Å². The van der Waals surface area contributed by atoms with Crippen molar-refractivity contribution in [1.82, 2.24) is 4.90 Å². The molecule has 1 aliphatic heterocycles. The summed E-state index contributed by atoms with van der Waals surface area (Å²) in [5.41, 5.74) is 0.895. The van der Waals surface area contributed by atoms with Crippen molar-refractivity contribution in [2.75, 3.05) is 20.2 Å². The van der Waals surface area contributed by atoms with Gasteiger partial charge in [-0.3, -0.25) is 9.59 Å². The van der Waals surface area contributed by atoms with E-state index in [9.17, 15) is 9.59 Å². The normalized spacial score (nSPS) is 21.7. The summed E-state index contributed by atoms with van der Waals surface area (Å²) < 4.78 is 5.07. The first-order valence-electron chi connectivity index (χ1n) is 6.85. The van der Waals surface area contributed by atoms with E-state index in [1.165, 1.54) is 6.08 Å². The topological polar surface area (TPSA) is 66.8 Å². The molecule has 0 radical (unpaired) electrons. The van der Waals surface area contributed by atoms with Gasteiger partial charge in [0.15, 0.2) is 0 Å². The van der Waals surface area contributed by atoms with Crippen LogP contribution in [-0.4, -0.2) is 42.1 Å². The van der Waals surface area contributed by atoms with Gasteiger partial charge >= 0.3 is 5.97 Å². The van der Waals surface area contributed by atoms with Crippen molar-refractivity contribution in [3.05, 3.63) is 35.9 Å². The number of likely N-dealkylation sites (tertiary alicyclic amines) is 1. The lowest BCUT2D eigenvalue weighted by atomic mass is 9.99. The second-order valence-corrected chi connectivity index (χ2v) is 5.27. The van der Waals surface area contributed by atoms with Crippen molar-refractivity contribution in [3.63, 3.8) is 0 Å². The Kier molecular flexibility index (Phi) is 4.62. The number of nitrogens with zero attached hydrogens (tertiary/aromatic N) is 1. The van der Waals surface area contributed by atoms with Crippen LogP contribution in [0.2, 0.25) is 0 Å². The van der Waals surface area contributed by atoms with Gasteiger partial charge in [0.2, 0.25) is 5.91 Å². The predicted octanol–water partition coefficient (Wildman–Crippen LogP) is 1.89. The van der Waals surface area contributed by atoms with Crippen LogP contribution in [0.25, 0.3) is 6.08 Å². The van der Waals surface area contributed by atoms with E-state index in [2.05, 4.69) is 0 Å². The van der Waals surface area contributed by atoms with E-state index in [-0.39, 0.29) is 18.4 Å². The molecule has 5 nitrogen and oxygen atoms in total. The summed E-state index contributed by atoms with van der Waals surface area (Å²) in [6.45, 7) is 2.63. The molecule has 1 saturated heterocycles. The molecule has 0 bridgehead atoms. The molecule has 0 saturated carbocycles. The SMILES string of the molecule is COc1ccc(C=CC(=O)N2CC(C)C(C(=O)O)C2)cc1. The number of methoxy groups -OCH3 is 1. The molecule has 1 heterocycles. The highest BCUT2D eigenvalue weighted by Crippen LogP contribution is 2.23. The van der Waals surface area contributed by atoms with Crippen LogP contribution < -0.4 is 4.74 Å². The lowest BCUT2D eigenvalue weighted by molar-refractivity contribution is -0.142. The third-order valence-corrected chi connectivity index (χ3v) is 3.78. The van der Waals surface area contributed by atoms with Gasteiger partial charge in [-0.25, -0.2) is 0 Å². The summed E-state index contributed by atoms with van der Waals surface area (Å²) in [5, 5.41) is 9.07. The maximum absolute atomic E-state index is 12.1. The number of rotatable bonds is 4. The van der Waals surface area contributed by atoms with Crippen LogP contribution in [-0.2, 0) is 9.59 Å². The molecule has 1 fully saturated rings. The van der Waals surface area contributed by atoms with E-state index in [0.717, 1.165) is 11.3 Å². The van der Waals surface area contributed by atoms with Crippen molar-refractivity contribution in [2.45, 2.75) is 6.92 Å². The van der Waals surface area contributed by atoms with Gasteiger partial charge in [-0.05, 0) is 29.7 Å². The highest BCUT2D eigenvalue weighted by molar-refractivity contribution is 5.92. The summed E-state index contributed by atoms with van der Waals surface area (Å²) >= 11 is 0. The van der Waals surface area contributed by atoms with Crippen molar-refractivity contribution in [2.24, 2.45) is 11.8 Å². The number of amides is 1. The Morgan fingerprint density at radius 3 is 2.48 bits per heavy atom. The van der Waals surface area contributed by atoms with Crippen LogP contribution >= 0.6 is 0 Å². The van der Waals surface area contributed by atoms with Crippen LogP contribution in [0.1, 0.15) is 12.5 Å². The highest BCUT2D eigenvalue weighted by atomic mass is 16.5. The average Bonchev–Trinajstić information content (AvgIpc) is 2.87. The first-order valence-corrected chi connectivity index (χ1v) is 6.85. The van der Waals surface area contributed by atoms with Crippen LogP contribution in [0.4, 0.5) is 0 Å². The third kappa shape index (κ3) is 3.62. The van der Waals surface area contributed by atoms with Crippen LogP contribution in [0.5, 0.6) is 5.75 Å². The number of hydrogen-bond donors (Lipinski definition) is 1. The van der Waals surface area contributed by atoms with Crippen molar-refractivity contribution >= 4 is 18.0 Å². The van der Waals surface area contributed by atoms with E-state index < -0.39 is 11.9 Å². The Balaban J connectivity index is 1.98. The standard InChI is InChI=1S/C16H19NO4/c1-11-9-17(10-14(11)16(19)20)15(18)8-5-12-3-6-13(21-2)7-4-12/h3-8,11,14H,9-10H2,1-2H3,(H,19,20). The molecular formula is C16H19NO4. The maximum atomic E-state index is 12.1. The zero-order valence-corrected chi connectivity index (χ0v) is 12.2. The summed E-state index contributed by atoms with van der Waals surface area (Å²) in [4.78, 5) is 24.7. The molecule has 2 atom stereocenters. The zero-order chi connectivity index (χ0) is 15.4. The zero-order valence-electron chi connectivity index (χ0n) is 12.2. The quantitative estimate of drug-likeness (QED) is 0.860. The van der Waals surface area contributed by atoms with E-state index in [4.69, 9.17) is 9.84 Å². The molecule has 112 valence electrons. The smallest absolute Gasteiger partial charge is 0.308 e. The second kappa shape index (κ2) is 6.43. The molecule has 0 spiro atoms. The van der Waals surface area contributed by atoms with Gasteiger partial charge < -0.3 is 14.7 Å². The van der Waals surface area contributed by atoms with Crippen molar-refractivity contribution in [1.29, 1.82) is 0 Å². The second-order valence-electron chi connectivity index (χ2n) is 5.27. The molecule has 1 aromatic rings. The molecule has 0 aliphatic carbocycles. The number of ether oxygens (including phenoxy) is 1. The predicted molar refractivity (Wildman–Crippen MR) is 78.9 cm³/mol. The van der Waals surface area contributed by atoms with Crippen LogP contribution in [0, 0.1) is 11.8 Å². The molecule has 2 rings (SSSR count). The Hall–Kier alpha value is -2.30. The minimum absolute atomic E-state index is 0.0131. The molecule has 1 amide bonds. The van der Waals surface area contributed by atoms with Crippen molar-refractivity contribution < 1.29 is 19.4 Å². The Morgan fingerprint density at radius 1 is 1.29 bits per heavy atom. The Labute approximate surface area is 123 Å². The van der Waals surface area contributed by atoms with Crippen LogP contribution in [0.3, 0.4) is 0 Å². The Bertz CT molecular complexity index is 550. The third-order valence-electron chi connectivity index (χ3n) is 3.78. The largest absolute Gasteiger partial charge is 0.497 e. The number of carboxylic acids is 1. The molecule has 1 aliphatic rings. The first kappa shape index (κ1) is 15.1. The number of carbonyl (C=O) groups excluding carboxylic acids is 1. The fourth-order valence-electron chi connectivity index (χ4n) is 2.46. The van der Waals surface area contributed by atoms with Crippen LogP contribution in [0.15, 0.2) is 30.3 Å². The van der Waals surface area contributed by atoms with E-state index in [1.54, 1.807) is 18.1 Å². The number of benzene rings is 1. The van der Waals surface area contributed by atoms with E-state index in [1.807, 2.05) is 31.2 Å². The molecule has 5 heteroatoms. The number of hydrogen-bond acceptors (Lipinski definition) is 3. The first-order chi connectivity index (χ1) is 10.0. The number of carbonyl (C=O) groups is 2. The molecule has 1 N–H and O–H groups in total. The molecule has 0 aromatic heterocycles. The van der Waals surface area contributed by atoms with E-state index >= 15 is 0 Å². The minimum atomic E-state index is -0.836. The lowest BCUT2D eigenvalue weighted by Gasteiger charge is -2.12. The molecule has 21 heavy (non-hydrogen) atoms. The summed E-state index contributed by atoms with van der Waals surface area (Å²) in [7, 11) is 1.60. The Morgan fingerprint density at radius 2 is 1.95 bits per heavy atom. The maximum Gasteiger partial charge on any atom is 0.308 e. The van der Waals surface area contributed by atoms with Gasteiger partial charge in [0, 0.05) is 19.2 Å². The number of aliphatic carboxylic acids is 1. The van der Waals surface area contributed by atoms with Gasteiger partial charge in [-0.2, -0.15) is 0 Å². The van der Waals surface area contributed by atoms with Crippen molar-refractivity contribution in [3.8, 4) is 5.75 Å². The average molecular weight is 289 g/mol. The highest BCUT2D eigenvalue weighted by Gasteiger charge is 2.36. The number of carboxylic acid groups (broad SMARTS) is 1. The monoisotopic (exact) mass is 289 g/mol. The van der Waals surface area contributed by atoms with Gasteiger partial charge in [-0.15, -0.1) is 0 Å². The summed E-state index contributed by atoms with van der Waals surface area (Å²) in [6.07, 6.45) is 3.21. The fourth-order valence-corrected chi connectivity index (χ4v) is 2.46. The lowest BCUT2D eigenvalue weighted by Crippen LogP contribution is -2.28. The van der Waals surface area contributed by atoms with E-state index in [0.29, 0.717) is 6.54 Å². The fraction of sp³-hybridized carbons (Fsp3) is 0.375. The molecule has 2 unspecified atom stereocenters. The summed E-state index contributed by atoms with van der Waals surface area (Å²) in [5.74, 6) is -0.710. The van der Waals surface area contributed by atoms with Gasteiger partial charge in [0.25, 0.3) is 0 Å². The minimum Gasteiger partial charge on any atom is -0.497 e. The van der Waals surface area contributed by atoms with Gasteiger partial charge in [0.1, 0.15) is 5.75 Å². The summed E-state index contributed by atoms with van der Waals surface area (Å²) in [6, 6.07) is 7.36. The molecule has 1 aromatic carbocycles. The molecular weight excluding hydrogens is 270 g/mol.